The van der Waals surface area contributed by atoms with Gasteiger partial charge in [-0.2, -0.15) is 0 Å². The zero-order valence-corrected chi connectivity index (χ0v) is 10.8. The quantitative estimate of drug-likeness (QED) is 0.329. The molecule has 16 heavy (non-hydrogen) atoms. The zero-order valence-electron chi connectivity index (χ0n) is 10.8. The number of amidine groups is 1. The fourth-order valence-corrected chi connectivity index (χ4v) is 1.63. The normalized spacial score (nSPS) is 12.8. The highest BCUT2D eigenvalue weighted by Gasteiger charge is 2.11. The van der Waals surface area contributed by atoms with Crippen LogP contribution in [0.25, 0.3) is 0 Å². The Morgan fingerprint density at radius 1 is 1.12 bits per heavy atom. The Hall–Kier alpha value is -1.35. The first-order valence-corrected chi connectivity index (χ1v) is 5.47. The van der Waals surface area contributed by atoms with Crippen LogP contribution >= 0.6 is 0 Å². The average Bonchev–Trinajstić information content (AvgIpc) is 2.11. The molecule has 0 fully saturated rings. The Morgan fingerprint density at radius 3 is 2.00 bits per heavy atom. The van der Waals surface area contributed by atoms with Crippen LogP contribution in [0.5, 0.6) is 0 Å². The summed E-state index contributed by atoms with van der Waals surface area (Å²) in [7, 11) is 0. The number of benzene rings is 1. The van der Waals surface area contributed by atoms with E-state index in [1.807, 2.05) is 20.8 Å². The second-order valence-corrected chi connectivity index (χ2v) is 5.15. The SMILES string of the molecule is Cc1cc(C)cc(C(=NC(C)(C)C)NN)c1. The van der Waals surface area contributed by atoms with E-state index < -0.39 is 0 Å². The van der Waals surface area contributed by atoms with Gasteiger partial charge in [0.05, 0.1) is 5.54 Å². The molecular formula is C13H21N3. The molecule has 1 aromatic carbocycles. The lowest BCUT2D eigenvalue weighted by molar-refractivity contribution is 0.580. The van der Waals surface area contributed by atoms with E-state index in [-0.39, 0.29) is 5.54 Å². The molecule has 88 valence electrons. The van der Waals surface area contributed by atoms with Crippen molar-refractivity contribution < 1.29 is 0 Å². The number of nitrogens with zero attached hydrogens (tertiary/aromatic N) is 1. The van der Waals surface area contributed by atoms with Crippen LogP contribution in [-0.2, 0) is 0 Å². The summed E-state index contributed by atoms with van der Waals surface area (Å²) in [6.45, 7) is 10.3. The molecule has 0 saturated carbocycles. The molecular weight excluding hydrogens is 198 g/mol. The first-order valence-electron chi connectivity index (χ1n) is 5.47. The fourth-order valence-electron chi connectivity index (χ4n) is 1.63. The molecule has 0 amide bonds. The number of hydrogen-bond donors (Lipinski definition) is 2. The van der Waals surface area contributed by atoms with Crippen LogP contribution in [0.2, 0.25) is 0 Å². The first kappa shape index (κ1) is 12.7. The van der Waals surface area contributed by atoms with Gasteiger partial charge in [0.15, 0.2) is 0 Å². The third-order valence-corrected chi connectivity index (χ3v) is 2.08. The minimum Gasteiger partial charge on any atom is -0.308 e. The van der Waals surface area contributed by atoms with Crippen LogP contribution in [0.3, 0.4) is 0 Å². The van der Waals surface area contributed by atoms with Crippen LogP contribution < -0.4 is 11.3 Å². The fraction of sp³-hybridized carbons (Fsp3) is 0.462. The molecule has 3 heteroatoms. The molecule has 1 aromatic rings. The molecule has 0 aliphatic rings. The summed E-state index contributed by atoms with van der Waals surface area (Å²) in [5, 5.41) is 0. The van der Waals surface area contributed by atoms with Gasteiger partial charge in [-0.25, -0.2) is 5.84 Å². The molecule has 3 nitrogen and oxygen atoms in total. The summed E-state index contributed by atoms with van der Waals surface area (Å²) in [5.74, 6) is 6.27. The first-order chi connectivity index (χ1) is 7.31. The van der Waals surface area contributed by atoms with Gasteiger partial charge in [0.2, 0.25) is 0 Å². The van der Waals surface area contributed by atoms with E-state index in [0.29, 0.717) is 0 Å². The lowest BCUT2D eigenvalue weighted by Gasteiger charge is -2.16. The molecule has 0 bridgehead atoms. The van der Waals surface area contributed by atoms with Gasteiger partial charge >= 0.3 is 0 Å². The summed E-state index contributed by atoms with van der Waals surface area (Å²) >= 11 is 0. The largest absolute Gasteiger partial charge is 0.308 e. The monoisotopic (exact) mass is 219 g/mol. The molecule has 1 rings (SSSR count). The maximum Gasteiger partial charge on any atom is 0.143 e. The van der Waals surface area contributed by atoms with Crippen molar-refractivity contribution in [2.45, 2.75) is 40.2 Å². The van der Waals surface area contributed by atoms with Crippen LogP contribution in [-0.4, -0.2) is 11.4 Å². The molecule has 0 aromatic heterocycles. The van der Waals surface area contributed by atoms with Crippen LogP contribution in [0.1, 0.15) is 37.5 Å². The molecule has 0 saturated heterocycles. The number of rotatable bonds is 1. The third-order valence-electron chi connectivity index (χ3n) is 2.08. The van der Waals surface area contributed by atoms with Crippen molar-refractivity contribution in [2.75, 3.05) is 0 Å². The van der Waals surface area contributed by atoms with Gasteiger partial charge < -0.3 is 5.43 Å². The van der Waals surface area contributed by atoms with Crippen molar-refractivity contribution in [1.29, 1.82) is 0 Å². The maximum absolute atomic E-state index is 5.53. The predicted octanol–water partition coefficient (Wildman–Crippen LogP) is 2.31. The van der Waals surface area contributed by atoms with Crippen LogP contribution in [0.4, 0.5) is 0 Å². The number of hydrazine groups is 1. The minimum absolute atomic E-state index is 0.140. The molecule has 0 heterocycles. The van der Waals surface area contributed by atoms with E-state index in [4.69, 9.17) is 5.84 Å². The molecule has 0 aliphatic carbocycles. The van der Waals surface area contributed by atoms with Gasteiger partial charge in [0.25, 0.3) is 0 Å². The van der Waals surface area contributed by atoms with Crippen LogP contribution in [0, 0.1) is 13.8 Å². The lowest BCUT2D eigenvalue weighted by atomic mass is 10.1. The number of aryl methyl sites for hydroxylation is 2. The standard InChI is InChI=1S/C13H21N3/c1-9-6-10(2)8-11(7-9)12(16-14)15-13(3,4)5/h6-8H,14H2,1-5H3,(H,15,16). The Labute approximate surface area is 97.7 Å². The lowest BCUT2D eigenvalue weighted by Crippen LogP contribution is -2.33. The summed E-state index contributed by atoms with van der Waals surface area (Å²) < 4.78 is 0. The van der Waals surface area contributed by atoms with E-state index in [2.05, 4.69) is 42.5 Å². The van der Waals surface area contributed by atoms with Gasteiger partial charge in [-0.1, -0.05) is 17.2 Å². The van der Waals surface area contributed by atoms with E-state index >= 15 is 0 Å². The van der Waals surface area contributed by atoms with Gasteiger partial charge in [0, 0.05) is 5.56 Å². The van der Waals surface area contributed by atoms with Crippen molar-refractivity contribution in [2.24, 2.45) is 10.8 Å². The van der Waals surface area contributed by atoms with Crippen molar-refractivity contribution in [3.8, 4) is 0 Å². The van der Waals surface area contributed by atoms with E-state index in [1.54, 1.807) is 0 Å². The number of hydrogen-bond acceptors (Lipinski definition) is 2. The van der Waals surface area contributed by atoms with Gasteiger partial charge in [-0.05, 0) is 46.8 Å². The van der Waals surface area contributed by atoms with Crippen molar-refractivity contribution >= 4 is 5.84 Å². The maximum atomic E-state index is 5.53. The van der Waals surface area contributed by atoms with Gasteiger partial charge in [-0.3, -0.25) is 4.99 Å². The molecule has 0 unspecified atom stereocenters. The summed E-state index contributed by atoms with van der Waals surface area (Å²) in [5.41, 5.74) is 6.01. The zero-order chi connectivity index (χ0) is 12.3. The highest BCUT2D eigenvalue weighted by molar-refractivity contribution is 5.98. The summed E-state index contributed by atoms with van der Waals surface area (Å²) in [6.07, 6.45) is 0. The minimum atomic E-state index is -0.140. The number of aliphatic imine (C=N–C) groups is 1. The van der Waals surface area contributed by atoms with E-state index in [0.717, 1.165) is 11.4 Å². The Balaban J connectivity index is 3.19. The molecule has 0 spiro atoms. The summed E-state index contributed by atoms with van der Waals surface area (Å²) in [4.78, 5) is 4.56. The Bertz CT molecular complexity index is 380. The summed E-state index contributed by atoms with van der Waals surface area (Å²) in [6, 6.07) is 6.30. The molecule has 0 atom stereocenters. The van der Waals surface area contributed by atoms with Crippen molar-refractivity contribution in [3.05, 3.63) is 34.9 Å². The molecule has 0 aliphatic heterocycles. The second kappa shape index (κ2) is 4.66. The van der Waals surface area contributed by atoms with Gasteiger partial charge in [0.1, 0.15) is 5.84 Å². The van der Waals surface area contributed by atoms with Crippen molar-refractivity contribution in [1.82, 2.24) is 5.43 Å². The Morgan fingerprint density at radius 2 is 1.62 bits per heavy atom. The van der Waals surface area contributed by atoms with Crippen molar-refractivity contribution in [3.63, 3.8) is 0 Å². The van der Waals surface area contributed by atoms with Gasteiger partial charge in [-0.15, -0.1) is 0 Å². The Kier molecular flexibility index (Phi) is 3.70. The van der Waals surface area contributed by atoms with Crippen LogP contribution in [0.15, 0.2) is 23.2 Å². The number of nitrogens with one attached hydrogen (secondary N) is 1. The molecule has 3 N–H and O–H groups in total. The highest BCUT2D eigenvalue weighted by atomic mass is 15.3. The highest BCUT2D eigenvalue weighted by Crippen LogP contribution is 2.13. The third kappa shape index (κ3) is 3.66. The average molecular weight is 219 g/mol. The second-order valence-electron chi connectivity index (χ2n) is 5.15. The molecule has 0 radical (unpaired) electrons. The predicted molar refractivity (Wildman–Crippen MR) is 69.5 cm³/mol. The number of nitrogens with two attached hydrogens (primary N) is 1. The smallest absolute Gasteiger partial charge is 0.143 e. The van der Waals surface area contributed by atoms with E-state index in [9.17, 15) is 0 Å². The van der Waals surface area contributed by atoms with E-state index in [1.165, 1.54) is 11.1 Å². The topological polar surface area (TPSA) is 50.4 Å².